The summed E-state index contributed by atoms with van der Waals surface area (Å²) in [6.07, 6.45) is -0.00618. The second kappa shape index (κ2) is 7.32. The summed E-state index contributed by atoms with van der Waals surface area (Å²) in [5.41, 5.74) is 0. The maximum Gasteiger partial charge on any atom is 0.310 e. The molecule has 0 atom stereocenters. The Morgan fingerprint density at radius 1 is 1.27 bits per heavy atom. The summed E-state index contributed by atoms with van der Waals surface area (Å²) in [7, 11) is 1.23. The highest BCUT2D eigenvalue weighted by Gasteiger charge is 2.12. The van der Waals surface area contributed by atoms with Crippen LogP contribution in [0.25, 0.3) is 0 Å². The van der Waals surface area contributed by atoms with E-state index in [1.807, 2.05) is 0 Å². The topological polar surface area (TPSA) is 108 Å². The average Bonchev–Trinajstić information content (AvgIpc) is 2.25. The van der Waals surface area contributed by atoms with Gasteiger partial charge in [0.15, 0.2) is 0 Å². The quantitative estimate of drug-likeness (QED) is 0.329. The zero-order valence-electron chi connectivity index (χ0n) is 8.20. The highest BCUT2D eigenvalue weighted by atomic mass is 16.5. The highest BCUT2D eigenvalue weighted by molar-refractivity contribution is 6.35. The summed E-state index contributed by atoms with van der Waals surface area (Å²) in [5.74, 6) is -2.26. The van der Waals surface area contributed by atoms with Gasteiger partial charge in [0, 0.05) is 6.54 Å². The van der Waals surface area contributed by atoms with Gasteiger partial charge >= 0.3 is 17.8 Å². The van der Waals surface area contributed by atoms with Crippen molar-refractivity contribution in [3.8, 4) is 6.07 Å². The summed E-state index contributed by atoms with van der Waals surface area (Å²) in [5, 5.41) is 12.4. The first-order valence-corrected chi connectivity index (χ1v) is 4.11. The first kappa shape index (κ1) is 12.9. The number of nitrogens with zero attached hydrogens (tertiary/aromatic N) is 1. The predicted molar refractivity (Wildman–Crippen MR) is 48.3 cm³/mol. The van der Waals surface area contributed by atoms with Crippen LogP contribution < -0.4 is 10.6 Å². The van der Waals surface area contributed by atoms with Crippen LogP contribution >= 0.6 is 0 Å². The number of carbonyl (C=O) groups is 3. The molecule has 0 aliphatic rings. The number of ether oxygens (including phenoxy) is 1. The van der Waals surface area contributed by atoms with Gasteiger partial charge in [-0.3, -0.25) is 14.4 Å². The van der Waals surface area contributed by atoms with E-state index in [9.17, 15) is 14.4 Å². The molecule has 0 aromatic rings. The van der Waals surface area contributed by atoms with Crippen molar-refractivity contribution in [2.75, 3.05) is 20.2 Å². The Hall–Kier alpha value is -2.10. The van der Waals surface area contributed by atoms with E-state index in [4.69, 9.17) is 5.26 Å². The lowest BCUT2D eigenvalue weighted by Gasteiger charge is -2.03. The summed E-state index contributed by atoms with van der Waals surface area (Å²) >= 11 is 0. The fourth-order valence-electron chi connectivity index (χ4n) is 0.661. The van der Waals surface area contributed by atoms with Crippen molar-refractivity contribution in [3.05, 3.63) is 0 Å². The van der Waals surface area contributed by atoms with Gasteiger partial charge in [-0.2, -0.15) is 5.26 Å². The Morgan fingerprint density at radius 2 is 1.87 bits per heavy atom. The van der Waals surface area contributed by atoms with Gasteiger partial charge in [-0.15, -0.1) is 0 Å². The number of hydrogen-bond donors (Lipinski definition) is 2. The normalized spacial score (nSPS) is 8.53. The molecule has 82 valence electrons. The second-order valence-electron chi connectivity index (χ2n) is 2.42. The molecule has 0 rings (SSSR count). The minimum absolute atomic E-state index is 0.00618. The minimum Gasteiger partial charge on any atom is -0.469 e. The summed E-state index contributed by atoms with van der Waals surface area (Å²) in [6, 6.07) is 1.65. The molecular formula is C8H11N3O4. The van der Waals surface area contributed by atoms with Gasteiger partial charge in [-0.05, 0) is 0 Å². The van der Waals surface area contributed by atoms with E-state index in [1.54, 1.807) is 6.07 Å². The number of hydrogen-bond acceptors (Lipinski definition) is 5. The molecule has 0 radical (unpaired) electrons. The summed E-state index contributed by atoms with van der Waals surface area (Å²) in [4.78, 5) is 32.4. The number of rotatable bonds is 4. The monoisotopic (exact) mass is 213 g/mol. The molecule has 0 aromatic carbocycles. The van der Waals surface area contributed by atoms with Gasteiger partial charge in [0.05, 0.1) is 19.6 Å². The van der Waals surface area contributed by atoms with E-state index in [0.717, 1.165) is 0 Å². The predicted octanol–water partition coefficient (Wildman–Crippen LogP) is -1.69. The van der Waals surface area contributed by atoms with E-state index in [1.165, 1.54) is 7.11 Å². The van der Waals surface area contributed by atoms with Crippen molar-refractivity contribution in [1.29, 1.82) is 5.26 Å². The highest BCUT2D eigenvalue weighted by Crippen LogP contribution is 1.81. The molecule has 0 aromatic heterocycles. The van der Waals surface area contributed by atoms with Crippen LogP contribution in [0.3, 0.4) is 0 Å². The molecule has 7 heteroatoms. The van der Waals surface area contributed by atoms with Crippen LogP contribution in [-0.4, -0.2) is 38.0 Å². The molecule has 2 N–H and O–H groups in total. The molecule has 0 bridgehead atoms. The lowest BCUT2D eigenvalue weighted by molar-refractivity contribution is -0.141. The molecule has 0 spiro atoms. The van der Waals surface area contributed by atoms with Crippen LogP contribution in [0.5, 0.6) is 0 Å². The Labute approximate surface area is 86.4 Å². The zero-order chi connectivity index (χ0) is 11.7. The van der Waals surface area contributed by atoms with E-state index in [-0.39, 0.29) is 19.5 Å². The summed E-state index contributed by atoms with van der Waals surface area (Å²) < 4.78 is 4.32. The van der Waals surface area contributed by atoms with Crippen molar-refractivity contribution in [2.45, 2.75) is 6.42 Å². The second-order valence-corrected chi connectivity index (χ2v) is 2.42. The molecule has 0 saturated carbocycles. The number of amides is 2. The van der Waals surface area contributed by atoms with Crippen LogP contribution in [0.4, 0.5) is 0 Å². The van der Waals surface area contributed by atoms with Gasteiger partial charge in [0.25, 0.3) is 0 Å². The van der Waals surface area contributed by atoms with Crippen LogP contribution in [0.1, 0.15) is 6.42 Å². The SMILES string of the molecule is COC(=O)CCNC(=O)C(=O)NCC#N. The number of carbonyl (C=O) groups excluding carboxylic acids is 3. The number of esters is 1. The van der Waals surface area contributed by atoms with Crippen LogP contribution in [0, 0.1) is 11.3 Å². The molecule has 0 fully saturated rings. The maximum absolute atomic E-state index is 10.9. The third-order valence-corrected chi connectivity index (χ3v) is 1.38. The number of nitriles is 1. The molecule has 2 amide bonds. The van der Waals surface area contributed by atoms with Crippen molar-refractivity contribution >= 4 is 17.8 Å². The molecule has 0 aliphatic carbocycles. The van der Waals surface area contributed by atoms with E-state index >= 15 is 0 Å². The van der Waals surface area contributed by atoms with Gasteiger partial charge in [0.1, 0.15) is 6.54 Å². The molecule has 0 heterocycles. The Bertz CT molecular complexity index is 295. The minimum atomic E-state index is -0.901. The fourth-order valence-corrected chi connectivity index (χ4v) is 0.661. The standard InChI is InChI=1S/C8H11N3O4/c1-15-6(12)2-4-10-7(13)8(14)11-5-3-9/h2,4-5H2,1H3,(H,10,13)(H,11,14). The lowest BCUT2D eigenvalue weighted by atomic mass is 10.4. The maximum atomic E-state index is 10.9. The van der Waals surface area contributed by atoms with Crippen molar-refractivity contribution in [2.24, 2.45) is 0 Å². The molecular weight excluding hydrogens is 202 g/mol. The van der Waals surface area contributed by atoms with E-state index in [2.05, 4.69) is 15.4 Å². The third kappa shape index (κ3) is 6.04. The lowest BCUT2D eigenvalue weighted by Crippen LogP contribution is -2.40. The van der Waals surface area contributed by atoms with Crippen LogP contribution in [0.2, 0.25) is 0 Å². The first-order chi connectivity index (χ1) is 7.11. The van der Waals surface area contributed by atoms with Gasteiger partial charge < -0.3 is 15.4 Å². The van der Waals surface area contributed by atoms with Gasteiger partial charge in [0.2, 0.25) is 0 Å². The van der Waals surface area contributed by atoms with Crippen LogP contribution in [-0.2, 0) is 19.1 Å². The van der Waals surface area contributed by atoms with Crippen molar-refractivity contribution < 1.29 is 19.1 Å². The van der Waals surface area contributed by atoms with Crippen molar-refractivity contribution in [1.82, 2.24) is 10.6 Å². The fraction of sp³-hybridized carbons (Fsp3) is 0.500. The molecule has 0 saturated heterocycles. The van der Waals surface area contributed by atoms with E-state index in [0.29, 0.717) is 0 Å². The van der Waals surface area contributed by atoms with Gasteiger partial charge in [-0.1, -0.05) is 0 Å². The van der Waals surface area contributed by atoms with Crippen LogP contribution in [0.15, 0.2) is 0 Å². The Balaban J connectivity index is 3.70. The van der Waals surface area contributed by atoms with Gasteiger partial charge in [-0.25, -0.2) is 0 Å². The molecule has 0 unspecified atom stereocenters. The molecule has 15 heavy (non-hydrogen) atoms. The largest absolute Gasteiger partial charge is 0.469 e. The first-order valence-electron chi connectivity index (χ1n) is 4.11. The summed E-state index contributed by atoms with van der Waals surface area (Å²) in [6.45, 7) is -0.214. The smallest absolute Gasteiger partial charge is 0.310 e. The third-order valence-electron chi connectivity index (χ3n) is 1.38. The average molecular weight is 213 g/mol. The number of nitrogens with one attached hydrogen (secondary N) is 2. The Morgan fingerprint density at radius 3 is 2.40 bits per heavy atom. The van der Waals surface area contributed by atoms with Crippen molar-refractivity contribution in [3.63, 3.8) is 0 Å². The number of methoxy groups -OCH3 is 1. The zero-order valence-corrected chi connectivity index (χ0v) is 8.20. The van der Waals surface area contributed by atoms with E-state index < -0.39 is 17.8 Å². The molecule has 7 nitrogen and oxygen atoms in total. The Kier molecular flexibility index (Phi) is 6.29. The molecule has 0 aliphatic heterocycles.